The lowest BCUT2D eigenvalue weighted by atomic mass is 10.1. The predicted octanol–water partition coefficient (Wildman–Crippen LogP) is 3.16. The number of carbonyl (C=O) groups is 1. The Balaban J connectivity index is 1.82. The first kappa shape index (κ1) is 17.5. The van der Waals surface area contributed by atoms with E-state index in [1.165, 1.54) is 7.11 Å². The van der Waals surface area contributed by atoms with Crippen molar-refractivity contribution in [1.82, 2.24) is 20.1 Å². The molecule has 1 heterocycles. The number of hydrogen-bond donors (Lipinski definition) is 2. The van der Waals surface area contributed by atoms with Crippen LogP contribution in [0.25, 0.3) is 5.69 Å². The molecule has 0 bridgehead atoms. The summed E-state index contributed by atoms with van der Waals surface area (Å²) >= 11 is 0. The molecule has 3 aromatic rings. The monoisotopic (exact) mass is 351 g/mol. The molecule has 7 heteroatoms. The van der Waals surface area contributed by atoms with Gasteiger partial charge in [0.1, 0.15) is 12.1 Å². The first-order chi connectivity index (χ1) is 12.6. The molecular weight excluding hydrogens is 330 g/mol. The van der Waals surface area contributed by atoms with Gasteiger partial charge in [-0.3, -0.25) is 4.79 Å². The van der Waals surface area contributed by atoms with Crippen LogP contribution >= 0.6 is 0 Å². The third-order valence-electron chi connectivity index (χ3n) is 3.63. The maximum Gasteiger partial charge on any atom is 0.255 e. The number of ether oxygens (including phenoxy) is 1. The van der Waals surface area contributed by atoms with Crippen LogP contribution < -0.4 is 15.4 Å². The smallest absolute Gasteiger partial charge is 0.255 e. The first-order valence-electron chi connectivity index (χ1n) is 8.30. The topological polar surface area (TPSA) is 81.1 Å². The molecule has 0 atom stereocenters. The van der Waals surface area contributed by atoms with Crippen LogP contribution in [0.5, 0.6) is 5.75 Å². The molecule has 0 fully saturated rings. The van der Waals surface area contributed by atoms with E-state index in [2.05, 4.69) is 20.7 Å². The number of methoxy groups -OCH3 is 1. The summed E-state index contributed by atoms with van der Waals surface area (Å²) in [5, 5.41) is 10.4. The number of carbonyl (C=O) groups excluding carboxylic acids is 1. The van der Waals surface area contributed by atoms with Gasteiger partial charge in [-0.15, -0.1) is 5.10 Å². The molecule has 2 N–H and O–H groups in total. The number of aromatic nitrogens is 3. The van der Waals surface area contributed by atoms with Crippen LogP contribution in [-0.4, -0.2) is 33.8 Å². The number of anilines is 2. The number of nitrogens with zero attached hydrogens (tertiary/aromatic N) is 3. The highest BCUT2D eigenvalue weighted by atomic mass is 16.5. The van der Waals surface area contributed by atoms with E-state index in [0.717, 1.165) is 5.69 Å². The Kier molecular flexibility index (Phi) is 5.17. The molecular formula is C19H21N5O2. The average Bonchev–Trinajstić information content (AvgIpc) is 3.10. The van der Waals surface area contributed by atoms with Crippen molar-refractivity contribution in [3.05, 3.63) is 60.4 Å². The zero-order chi connectivity index (χ0) is 18.5. The molecule has 1 aromatic heterocycles. The average molecular weight is 351 g/mol. The summed E-state index contributed by atoms with van der Waals surface area (Å²) in [7, 11) is 1.54. The molecule has 26 heavy (non-hydrogen) atoms. The maximum absolute atomic E-state index is 12.4. The molecule has 0 aliphatic carbocycles. The second-order valence-corrected chi connectivity index (χ2v) is 6.02. The molecule has 0 aliphatic heterocycles. The fourth-order valence-corrected chi connectivity index (χ4v) is 2.46. The van der Waals surface area contributed by atoms with Gasteiger partial charge in [-0.2, -0.15) is 4.98 Å². The van der Waals surface area contributed by atoms with E-state index < -0.39 is 0 Å². The Labute approximate surface area is 152 Å². The minimum Gasteiger partial charge on any atom is -0.496 e. The van der Waals surface area contributed by atoms with Gasteiger partial charge in [0.05, 0.1) is 18.4 Å². The second-order valence-electron chi connectivity index (χ2n) is 6.02. The molecule has 0 saturated carbocycles. The van der Waals surface area contributed by atoms with E-state index in [4.69, 9.17) is 4.74 Å². The fraction of sp³-hybridized carbons (Fsp3) is 0.211. The number of amides is 1. The lowest BCUT2D eigenvalue weighted by molar-refractivity contribution is 0.0940. The minimum atomic E-state index is -0.191. The number of benzene rings is 2. The molecule has 0 aliphatic rings. The standard InChI is InChI=1S/C19H21N5O2/c1-13(2)21-18(25)16-11-14(9-10-17(16)26-3)22-19-20-12-24(23-19)15-7-5-4-6-8-15/h4-13H,1-3H3,(H,21,25)(H,22,23). The summed E-state index contributed by atoms with van der Waals surface area (Å²) in [6.45, 7) is 3.82. The van der Waals surface area contributed by atoms with Crippen molar-refractivity contribution in [3.8, 4) is 11.4 Å². The van der Waals surface area contributed by atoms with Gasteiger partial charge in [-0.05, 0) is 44.2 Å². The Morgan fingerprint density at radius 3 is 2.62 bits per heavy atom. The summed E-state index contributed by atoms with van der Waals surface area (Å²) in [5.41, 5.74) is 2.07. The summed E-state index contributed by atoms with van der Waals surface area (Å²) in [6.07, 6.45) is 1.63. The zero-order valence-corrected chi connectivity index (χ0v) is 14.9. The van der Waals surface area contributed by atoms with Crippen molar-refractivity contribution in [1.29, 1.82) is 0 Å². The van der Waals surface area contributed by atoms with Crippen LogP contribution in [-0.2, 0) is 0 Å². The Bertz CT molecular complexity index is 890. The fourth-order valence-electron chi connectivity index (χ4n) is 2.46. The Morgan fingerprint density at radius 1 is 1.15 bits per heavy atom. The van der Waals surface area contributed by atoms with E-state index in [1.54, 1.807) is 23.1 Å². The number of rotatable bonds is 6. The summed E-state index contributed by atoms with van der Waals surface area (Å²) in [5.74, 6) is 0.758. The molecule has 1 amide bonds. The third kappa shape index (κ3) is 4.00. The predicted molar refractivity (Wildman–Crippen MR) is 100 cm³/mol. The second kappa shape index (κ2) is 7.69. The van der Waals surface area contributed by atoms with Gasteiger partial charge in [0.2, 0.25) is 5.95 Å². The zero-order valence-electron chi connectivity index (χ0n) is 14.9. The maximum atomic E-state index is 12.4. The number of nitrogens with one attached hydrogen (secondary N) is 2. The largest absolute Gasteiger partial charge is 0.496 e. The van der Waals surface area contributed by atoms with Crippen molar-refractivity contribution < 1.29 is 9.53 Å². The third-order valence-corrected chi connectivity index (χ3v) is 3.63. The molecule has 0 saturated heterocycles. The molecule has 3 rings (SSSR count). The van der Waals surface area contributed by atoms with Gasteiger partial charge in [-0.1, -0.05) is 18.2 Å². The quantitative estimate of drug-likeness (QED) is 0.713. The van der Waals surface area contributed by atoms with E-state index >= 15 is 0 Å². The normalized spacial score (nSPS) is 10.6. The molecule has 134 valence electrons. The summed E-state index contributed by atoms with van der Waals surface area (Å²) < 4.78 is 6.97. The van der Waals surface area contributed by atoms with Gasteiger partial charge in [0.25, 0.3) is 5.91 Å². The molecule has 2 aromatic carbocycles. The van der Waals surface area contributed by atoms with Crippen molar-refractivity contribution in [2.24, 2.45) is 0 Å². The number of para-hydroxylation sites is 1. The van der Waals surface area contributed by atoms with E-state index in [-0.39, 0.29) is 11.9 Å². The lowest BCUT2D eigenvalue weighted by Gasteiger charge is -2.13. The van der Waals surface area contributed by atoms with Crippen LogP contribution in [0.1, 0.15) is 24.2 Å². The van der Waals surface area contributed by atoms with E-state index in [1.807, 2.05) is 50.2 Å². The summed E-state index contributed by atoms with van der Waals surface area (Å²) in [4.78, 5) is 16.6. The van der Waals surface area contributed by atoms with Gasteiger partial charge in [0, 0.05) is 11.7 Å². The SMILES string of the molecule is COc1ccc(Nc2ncn(-c3ccccc3)n2)cc1C(=O)NC(C)C. The van der Waals surface area contributed by atoms with Crippen molar-refractivity contribution in [3.63, 3.8) is 0 Å². The van der Waals surface area contributed by atoms with Crippen LogP contribution in [0.4, 0.5) is 11.6 Å². The molecule has 0 unspecified atom stereocenters. The van der Waals surface area contributed by atoms with Crippen LogP contribution in [0, 0.1) is 0 Å². The molecule has 7 nitrogen and oxygen atoms in total. The van der Waals surface area contributed by atoms with Crippen molar-refractivity contribution in [2.45, 2.75) is 19.9 Å². The highest BCUT2D eigenvalue weighted by Crippen LogP contribution is 2.24. The Hall–Kier alpha value is -3.35. The van der Waals surface area contributed by atoms with Crippen LogP contribution in [0.2, 0.25) is 0 Å². The highest BCUT2D eigenvalue weighted by molar-refractivity contribution is 5.98. The lowest BCUT2D eigenvalue weighted by Crippen LogP contribution is -2.30. The van der Waals surface area contributed by atoms with Gasteiger partial charge in [0.15, 0.2) is 0 Å². The van der Waals surface area contributed by atoms with Crippen molar-refractivity contribution >= 4 is 17.5 Å². The first-order valence-corrected chi connectivity index (χ1v) is 8.30. The van der Waals surface area contributed by atoms with Gasteiger partial charge < -0.3 is 15.4 Å². The molecule has 0 radical (unpaired) electrons. The van der Waals surface area contributed by atoms with Gasteiger partial charge >= 0.3 is 0 Å². The van der Waals surface area contributed by atoms with E-state index in [9.17, 15) is 4.79 Å². The van der Waals surface area contributed by atoms with Crippen LogP contribution in [0.15, 0.2) is 54.9 Å². The van der Waals surface area contributed by atoms with E-state index in [0.29, 0.717) is 22.9 Å². The van der Waals surface area contributed by atoms with Crippen LogP contribution in [0.3, 0.4) is 0 Å². The molecule has 0 spiro atoms. The van der Waals surface area contributed by atoms with Gasteiger partial charge in [-0.25, -0.2) is 4.68 Å². The highest BCUT2D eigenvalue weighted by Gasteiger charge is 2.14. The minimum absolute atomic E-state index is 0.0343. The Morgan fingerprint density at radius 2 is 1.92 bits per heavy atom. The number of hydrogen-bond acceptors (Lipinski definition) is 5. The summed E-state index contributed by atoms with van der Waals surface area (Å²) in [6, 6.07) is 15.0. The van der Waals surface area contributed by atoms with Crippen molar-refractivity contribution in [2.75, 3.05) is 12.4 Å².